The molecule has 0 saturated heterocycles. The fourth-order valence-electron chi connectivity index (χ4n) is 1.77. The molecule has 2 amide bonds. The molecular weight excluding hydrogens is 367 g/mol. The molecule has 6 nitrogen and oxygen atoms in total. The van der Waals surface area contributed by atoms with Crippen molar-refractivity contribution in [2.24, 2.45) is 0 Å². The first-order chi connectivity index (χ1) is 12.0. The van der Waals surface area contributed by atoms with E-state index in [2.05, 4.69) is 10.9 Å². The quantitative estimate of drug-likeness (QED) is 0.753. The highest BCUT2D eigenvalue weighted by atomic mass is 35.5. The van der Waals surface area contributed by atoms with Gasteiger partial charge in [0.1, 0.15) is 11.5 Å². The van der Waals surface area contributed by atoms with Gasteiger partial charge in [-0.15, -0.1) is 0 Å². The molecule has 0 aliphatic heterocycles. The number of hydrazine groups is 1. The molecule has 2 aromatic carbocycles. The third-order valence-electron chi connectivity index (χ3n) is 3.04. The van der Waals surface area contributed by atoms with Crippen molar-refractivity contribution in [2.45, 2.75) is 6.92 Å². The van der Waals surface area contributed by atoms with E-state index in [0.29, 0.717) is 21.5 Å². The van der Waals surface area contributed by atoms with Crippen LogP contribution in [0.1, 0.15) is 5.56 Å². The van der Waals surface area contributed by atoms with Crippen LogP contribution in [0.4, 0.5) is 0 Å². The summed E-state index contributed by atoms with van der Waals surface area (Å²) in [7, 11) is 0. The van der Waals surface area contributed by atoms with Gasteiger partial charge in [0.15, 0.2) is 13.2 Å². The lowest BCUT2D eigenvalue weighted by atomic mass is 10.2. The summed E-state index contributed by atoms with van der Waals surface area (Å²) < 4.78 is 10.6. The van der Waals surface area contributed by atoms with Crippen LogP contribution in [0.25, 0.3) is 0 Å². The maximum absolute atomic E-state index is 11.7. The lowest BCUT2D eigenvalue weighted by Crippen LogP contribution is -2.45. The molecule has 0 heterocycles. The third-order valence-corrected chi connectivity index (χ3v) is 3.77. The normalized spacial score (nSPS) is 10.0. The second kappa shape index (κ2) is 9.15. The van der Waals surface area contributed by atoms with Gasteiger partial charge in [0.25, 0.3) is 11.8 Å². The number of para-hydroxylation sites is 1. The van der Waals surface area contributed by atoms with Gasteiger partial charge < -0.3 is 9.47 Å². The molecule has 2 rings (SSSR count). The average Bonchev–Trinajstić information content (AvgIpc) is 2.60. The molecule has 0 radical (unpaired) electrons. The van der Waals surface area contributed by atoms with Crippen LogP contribution in [0.15, 0.2) is 42.5 Å². The van der Waals surface area contributed by atoms with Gasteiger partial charge in [0.2, 0.25) is 0 Å². The van der Waals surface area contributed by atoms with Crippen molar-refractivity contribution >= 4 is 35.0 Å². The van der Waals surface area contributed by atoms with Crippen LogP contribution < -0.4 is 20.3 Å². The van der Waals surface area contributed by atoms with Gasteiger partial charge in [-0.25, -0.2) is 0 Å². The average molecular weight is 383 g/mol. The summed E-state index contributed by atoms with van der Waals surface area (Å²) in [5, 5.41) is 1.01. The van der Waals surface area contributed by atoms with E-state index in [1.54, 1.807) is 42.5 Å². The molecule has 0 bridgehead atoms. The van der Waals surface area contributed by atoms with Crippen molar-refractivity contribution in [1.29, 1.82) is 0 Å². The van der Waals surface area contributed by atoms with E-state index in [0.717, 1.165) is 5.56 Å². The first-order valence-corrected chi connectivity index (χ1v) is 8.05. The van der Waals surface area contributed by atoms with E-state index in [1.165, 1.54) is 0 Å². The molecule has 0 saturated carbocycles. The lowest BCUT2D eigenvalue weighted by molar-refractivity contribution is -0.131. The number of aryl methyl sites for hydroxylation is 1. The van der Waals surface area contributed by atoms with Gasteiger partial charge in [-0.1, -0.05) is 35.3 Å². The molecule has 25 heavy (non-hydrogen) atoms. The second-order valence-electron chi connectivity index (χ2n) is 5.02. The number of halogens is 2. The largest absolute Gasteiger partial charge is 0.484 e. The Kier molecular flexibility index (Phi) is 6.91. The first-order valence-electron chi connectivity index (χ1n) is 7.29. The molecule has 0 aliphatic rings. The van der Waals surface area contributed by atoms with E-state index in [9.17, 15) is 9.59 Å². The van der Waals surface area contributed by atoms with Crippen LogP contribution in [0.3, 0.4) is 0 Å². The van der Waals surface area contributed by atoms with Crippen molar-refractivity contribution in [2.75, 3.05) is 13.2 Å². The third kappa shape index (κ3) is 6.17. The standard InChI is InChI=1S/C17H16Cl2N2O4/c1-11-8-12(6-7-13(11)18)24-9-16(22)20-21-17(23)10-25-15-5-3-2-4-14(15)19/h2-8H,9-10H2,1H3,(H,20,22)(H,21,23). The van der Waals surface area contributed by atoms with Gasteiger partial charge in [0, 0.05) is 5.02 Å². The van der Waals surface area contributed by atoms with Crippen molar-refractivity contribution in [3.05, 3.63) is 58.1 Å². The Morgan fingerprint density at radius 2 is 1.56 bits per heavy atom. The van der Waals surface area contributed by atoms with Crippen LogP contribution in [0, 0.1) is 6.92 Å². The molecule has 0 fully saturated rings. The van der Waals surface area contributed by atoms with Crippen LogP contribution in [-0.2, 0) is 9.59 Å². The van der Waals surface area contributed by atoms with Gasteiger partial charge in [-0.05, 0) is 42.8 Å². The Labute approximate surface area is 155 Å². The number of nitrogens with one attached hydrogen (secondary N) is 2. The van der Waals surface area contributed by atoms with E-state index in [4.69, 9.17) is 32.7 Å². The topological polar surface area (TPSA) is 76.7 Å². The molecule has 0 spiro atoms. The Morgan fingerprint density at radius 3 is 2.20 bits per heavy atom. The number of ether oxygens (including phenoxy) is 2. The fraction of sp³-hybridized carbons (Fsp3) is 0.176. The monoisotopic (exact) mass is 382 g/mol. The van der Waals surface area contributed by atoms with Gasteiger partial charge in [0.05, 0.1) is 5.02 Å². The highest BCUT2D eigenvalue weighted by Crippen LogP contribution is 2.23. The van der Waals surface area contributed by atoms with Gasteiger partial charge >= 0.3 is 0 Å². The van der Waals surface area contributed by atoms with Crippen LogP contribution in [0.5, 0.6) is 11.5 Å². The SMILES string of the molecule is Cc1cc(OCC(=O)NNC(=O)COc2ccccc2Cl)ccc1Cl. The summed E-state index contributed by atoms with van der Waals surface area (Å²) >= 11 is 11.8. The number of carbonyl (C=O) groups excluding carboxylic acids is 2. The molecule has 0 atom stereocenters. The number of hydrogen-bond acceptors (Lipinski definition) is 4. The highest BCUT2D eigenvalue weighted by molar-refractivity contribution is 6.32. The maximum Gasteiger partial charge on any atom is 0.276 e. The first kappa shape index (κ1) is 18.9. The number of carbonyl (C=O) groups is 2. The zero-order valence-electron chi connectivity index (χ0n) is 13.3. The Hall–Kier alpha value is -2.44. The Morgan fingerprint density at radius 1 is 0.920 bits per heavy atom. The number of benzene rings is 2. The van der Waals surface area contributed by atoms with Gasteiger partial charge in [-0.2, -0.15) is 0 Å². The zero-order valence-corrected chi connectivity index (χ0v) is 14.9. The molecule has 0 aromatic heterocycles. The zero-order chi connectivity index (χ0) is 18.2. The number of rotatable bonds is 6. The summed E-state index contributed by atoms with van der Waals surface area (Å²) in [4.78, 5) is 23.3. The Balaban J connectivity index is 1.69. The Bertz CT molecular complexity index is 768. The minimum absolute atomic E-state index is 0.257. The van der Waals surface area contributed by atoms with Crippen molar-refractivity contribution < 1.29 is 19.1 Å². The molecule has 2 N–H and O–H groups in total. The highest BCUT2D eigenvalue weighted by Gasteiger charge is 2.08. The van der Waals surface area contributed by atoms with Crippen LogP contribution in [-0.4, -0.2) is 25.0 Å². The summed E-state index contributed by atoms with van der Waals surface area (Å²) in [6, 6.07) is 11.8. The van der Waals surface area contributed by atoms with Crippen molar-refractivity contribution in [1.82, 2.24) is 10.9 Å². The van der Waals surface area contributed by atoms with E-state index >= 15 is 0 Å². The summed E-state index contributed by atoms with van der Waals surface area (Å²) in [5.74, 6) is -0.160. The molecule has 8 heteroatoms. The maximum atomic E-state index is 11.7. The van der Waals surface area contributed by atoms with Crippen LogP contribution in [0.2, 0.25) is 10.0 Å². The minimum Gasteiger partial charge on any atom is -0.484 e. The smallest absolute Gasteiger partial charge is 0.276 e. The summed E-state index contributed by atoms with van der Waals surface area (Å²) in [5.41, 5.74) is 5.29. The predicted molar refractivity (Wildman–Crippen MR) is 94.9 cm³/mol. The molecule has 2 aromatic rings. The minimum atomic E-state index is -0.532. The predicted octanol–water partition coefficient (Wildman–Crippen LogP) is 2.91. The van der Waals surface area contributed by atoms with Gasteiger partial charge in [-0.3, -0.25) is 20.4 Å². The van der Waals surface area contributed by atoms with E-state index in [-0.39, 0.29) is 13.2 Å². The van der Waals surface area contributed by atoms with Crippen molar-refractivity contribution in [3.63, 3.8) is 0 Å². The van der Waals surface area contributed by atoms with Crippen LogP contribution >= 0.6 is 23.2 Å². The number of hydrogen-bond donors (Lipinski definition) is 2. The van der Waals surface area contributed by atoms with E-state index in [1.807, 2.05) is 6.92 Å². The fourth-order valence-corrected chi connectivity index (χ4v) is 2.08. The lowest BCUT2D eigenvalue weighted by Gasteiger charge is -2.10. The van der Waals surface area contributed by atoms with Crippen molar-refractivity contribution in [3.8, 4) is 11.5 Å². The molecule has 0 aliphatic carbocycles. The molecule has 0 unspecified atom stereocenters. The van der Waals surface area contributed by atoms with E-state index < -0.39 is 11.8 Å². The summed E-state index contributed by atoms with van der Waals surface area (Å²) in [6.45, 7) is 1.28. The summed E-state index contributed by atoms with van der Waals surface area (Å²) in [6.07, 6.45) is 0. The second-order valence-corrected chi connectivity index (χ2v) is 5.83. The molecular formula is C17H16Cl2N2O4. The number of amides is 2. The molecule has 132 valence electrons.